The average molecular weight is 144 g/mol. The van der Waals surface area contributed by atoms with Gasteiger partial charge in [-0.25, -0.2) is 0 Å². The average Bonchev–Trinajstić information content (AvgIpc) is 2.62. The molecule has 0 radical (unpaired) electrons. The molecule has 1 aliphatic rings. The number of hydrogen-bond donors (Lipinski definition) is 0. The molecule has 1 rings (SSSR count). The highest BCUT2D eigenvalue weighted by Gasteiger charge is 2.38. The van der Waals surface area contributed by atoms with Gasteiger partial charge in [0, 0.05) is 19.6 Å². The van der Waals surface area contributed by atoms with E-state index >= 15 is 0 Å². The molecular formula is C8H16O2. The molecule has 0 saturated carbocycles. The molecule has 2 nitrogen and oxygen atoms in total. The first-order valence-electron chi connectivity index (χ1n) is 3.98. The van der Waals surface area contributed by atoms with Crippen LogP contribution in [0, 0.1) is 0 Å². The van der Waals surface area contributed by atoms with Crippen LogP contribution >= 0.6 is 0 Å². The van der Waals surface area contributed by atoms with Gasteiger partial charge in [-0.15, -0.1) is 0 Å². The van der Waals surface area contributed by atoms with E-state index in [1.54, 1.807) is 0 Å². The number of rotatable bonds is 5. The number of epoxide rings is 1. The van der Waals surface area contributed by atoms with Gasteiger partial charge in [-0.1, -0.05) is 6.92 Å². The van der Waals surface area contributed by atoms with E-state index < -0.39 is 0 Å². The van der Waals surface area contributed by atoms with E-state index in [0.717, 1.165) is 32.7 Å². The minimum atomic E-state index is 0.174. The fourth-order valence-electron chi connectivity index (χ4n) is 0.802. The summed E-state index contributed by atoms with van der Waals surface area (Å²) in [5, 5.41) is 0. The molecule has 0 N–H and O–H groups in total. The Hall–Kier alpha value is -0.0800. The van der Waals surface area contributed by atoms with Crippen LogP contribution in [-0.2, 0) is 9.47 Å². The Labute approximate surface area is 62.5 Å². The zero-order valence-corrected chi connectivity index (χ0v) is 6.85. The van der Waals surface area contributed by atoms with E-state index in [1.165, 1.54) is 0 Å². The second kappa shape index (κ2) is 3.35. The van der Waals surface area contributed by atoms with E-state index in [1.807, 2.05) is 0 Å². The Morgan fingerprint density at radius 3 is 2.70 bits per heavy atom. The minimum absolute atomic E-state index is 0.174. The van der Waals surface area contributed by atoms with Gasteiger partial charge in [0.1, 0.15) is 0 Å². The predicted molar refractivity (Wildman–Crippen MR) is 40.1 cm³/mol. The summed E-state index contributed by atoms with van der Waals surface area (Å²) in [6.45, 7) is 6.90. The zero-order valence-electron chi connectivity index (χ0n) is 6.85. The van der Waals surface area contributed by atoms with Gasteiger partial charge in [-0.2, -0.15) is 0 Å². The minimum Gasteiger partial charge on any atom is -0.381 e. The third-order valence-corrected chi connectivity index (χ3v) is 1.76. The maximum absolute atomic E-state index is 5.32. The Bertz CT molecular complexity index is 97.4. The van der Waals surface area contributed by atoms with Crippen LogP contribution in [0.4, 0.5) is 0 Å². The molecule has 0 bridgehead atoms. The van der Waals surface area contributed by atoms with Gasteiger partial charge in [0.25, 0.3) is 0 Å². The highest BCUT2D eigenvalue weighted by Crippen LogP contribution is 2.29. The van der Waals surface area contributed by atoms with E-state index in [-0.39, 0.29) is 5.60 Å². The summed E-state index contributed by atoms with van der Waals surface area (Å²) >= 11 is 0. The fraction of sp³-hybridized carbons (Fsp3) is 1.00. The molecule has 1 aliphatic heterocycles. The maximum Gasteiger partial charge on any atom is 0.0910 e. The van der Waals surface area contributed by atoms with Crippen LogP contribution < -0.4 is 0 Å². The maximum atomic E-state index is 5.32. The van der Waals surface area contributed by atoms with E-state index in [0.29, 0.717) is 0 Å². The molecule has 10 heavy (non-hydrogen) atoms. The lowest BCUT2D eigenvalue weighted by molar-refractivity contribution is 0.114. The van der Waals surface area contributed by atoms with Crippen molar-refractivity contribution in [3.8, 4) is 0 Å². The Balaban J connectivity index is 1.86. The third-order valence-electron chi connectivity index (χ3n) is 1.76. The monoisotopic (exact) mass is 144 g/mol. The molecule has 1 fully saturated rings. The van der Waals surface area contributed by atoms with Gasteiger partial charge in [-0.3, -0.25) is 0 Å². The Kier molecular flexibility index (Phi) is 2.69. The van der Waals surface area contributed by atoms with E-state index in [4.69, 9.17) is 9.47 Å². The van der Waals surface area contributed by atoms with Crippen LogP contribution in [0.1, 0.15) is 26.7 Å². The SMILES string of the molecule is CCCOCCC1(C)CO1. The predicted octanol–water partition coefficient (Wildman–Crippen LogP) is 1.59. The van der Waals surface area contributed by atoms with Crippen molar-refractivity contribution in [1.82, 2.24) is 0 Å². The first-order chi connectivity index (χ1) is 4.77. The highest BCUT2D eigenvalue weighted by molar-refractivity contribution is 4.86. The highest BCUT2D eigenvalue weighted by atomic mass is 16.6. The molecular weight excluding hydrogens is 128 g/mol. The van der Waals surface area contributed by atoms with Gasteiger partial charge in [0.15, 0.2) is 0 Å². The summed E-state index contributed by atoms with van der Waals surface area (Å²) in [5.74, 6) is 0. The van der Waals surface area contributed by atoms with Crippen molar-refractivity contribution in [3.05, 3.63) is 0 Å². The van der Waals surface area contributed by atoms with Gasteiger partial charge in [0.2, 0.25) is 0 Å². The first kappa shape index (κ1) is 8.02. The quantitative estimate of drug-likeness (QED) is 0.432. The molecule has 1 atom stereocenters. The van der Waals surface area contributed by atoms with Crippen LogP contribution in [-0.4, -0.2) is 25.4 Å². The van der Waals surface area contributed by atoms with Crippen molar-refractivity contribution >= 4 is 0 Å². The van der Waals surface area contributed by atoms with Crippen molar-refractivity contribution in [2.75, 3.05) is 19.8 Å². The van der Waals surface area contributed by atoms with Crippen molar-refractivity contribution < 1.29 is 9.47 Å². The molecule has 0 aromatic heterocycles. The number of hydrogen-bond acceptors (Lipinski definition) is 2. The lowest BCUT2D eigenvalue weighted by Crippen LogP contribution is -2.09. The molecule has 60 valence electrons. The van der Waals surface area contributed by atoms with Gasteiger partial charge in [-0.05, 0) is 13.3 Å². The molecule has 0 spiro atoms. The fourth-order valence-corrected chi connectivity index (χ4v) is 0.802. The summed E-state index contributed by atoms with van der Waals surface area (Å²) < 4.78 is 10.5. The van der Waals surface area contributed by atoms with E-state index in [9.17, 15) is 0 Å². The largest absolute Gasteiger partial charge is 0.381 e. The van der Waals surface area contributed by atoms with Crippen molar-refractivity contribution in [1.29, 1.82) is 0 Å². The zero-order chi connectivity index (χ0) is 7.45. The lowest BCUT2D eigenvalue weighted by atomic mass is 10.1. The lowest BCUT2D eigenvalue weighted by Gasteiger charge is -2.04. The Morgan fingerprint density at radius 2 is 2.20 bits per heavy atom. The molecule has 1 unspecified atom stereocenters. The second-order valence-electron chi connectivity index (χ2n) is 3.10. The molecule has 1 heterocycles. The summed E-state index contributed by atoms with van der Waals surface area (Å²) in [6.07, 6.45) is 2.16. The number of ether oxygens (including phenoxy) is 2. The van der Waals surface area contributed by atoms with Crippen LogP contribution in [0.25, 0.3) is 0 Å². The van der Waals surface area contributed by atoms with Gasteiger partial charge >= 0.3 is 0 Å². The molecule has 0 aromatic rings. The smallest absolute Gasteiger partial charge is 0.0910 e. The van der Waals surface area contributed by atoms with Crippen LogP contribution in [0.5, 0.6) is 0 Å². The summed E-state index contributed by atoms with van der Waals surface area (Å²) in [7, 11) is 0. The third kappa shape index (κ3) is 2.67. The second-order valence-corrected chi connectivity index (χ2v) is 3.10. The van der Waals surface area contributed by atoms with Crippen LogP contribution in [0.3, 0.4) is 0 Å². The molecule has 0 aromatic carbocycles. The van der Waals surface area contributed by atoms with Crippen LogP contribution in [0.2, 0.25) is 0 Å². The van der Waals surface area contributed by atoms with E-state index in [2.05, 4.69) is 13.8 Å². The molecule has 2 heteroatoms. The van der Waals surface area contributed by atoms with Gasteiger partial charge in [0.05, 0.1) is 12.2 Å². The summed E-state index contributed by atoms with van der Waals surface area (Å²) in [6, 6.07) is 0. The first-order valence-corrected chi connectivity index (χ1v) is 3.98. The van der Waals surface area contributed by atoms with Crippen molar-refractivity contribution in [3.63, 3.8) is 0 Å². The Morgan fingerprint density at radius 1 is 1.50 bits per heavy atom. The summed E-state index contributed by atoms with van der Waals surface area (Å²) in [5.41, 5.74) is 0.174. The molecule has 1 saturated heterocycles. The van der Waals surface area contributed by atoms with Gasteiger partial charge < -0.3 is 9.47 Å². The normalized spacial score (nSPS) is 30.6. The van der Waals surface area contributed by atoms with Crippen molar-refractivity contribution in [2.24, 2.45) is 0 Å². The molecule has 0 amide bonds. The standard InChI is InChI=1S/C8H16O2/c1-3-5-9-6-4-8(2)7-10-8/h3-7H2,1-2H3. The topological polar surface area (TPSA) is 21.8 Å². The van der Waals surface area contributed by atoms with Crippen molar-refractivity contribution in [2.45, 2.75) is 32.3 Å². The molecule has 0 aliphatic carbocycles. The van der Waals surface area contributed by atoms with Crippen LogP contribution in [0.15, 0.2) is 0 Å². The summed E-state index contributed by atoms with van der Waals surface area (Å²) in [4.78, 5) is 0.